The monoisotopic (exact) mass is 429 g/mol. The Hall–Kier alpha value is -3.66. The number of pyridine rings is 1. The Morgan fingerprint density at radius 2 is 2.06 bits per heavy atom. The first-order chi connectivity index (χ1) is 15.3. The Balaban J connectivity index is 1.59. The highest BCUT2D eigenvalue weighted by Crippen LogP contribution is 2.29. The molecule has 3 heterocycles. The Bertz CT molecular complexity index is 1310. The second kappa shape index (κ2) is 8.46. The number of nitrogens with zero attached hydrogens (tertiary/aromatic N) is 5. The number of aryl methyl sites for hydroxylation is 1. The fraction of sp³-hybridized carbons (Fsp3) is 0.360. The fourth-order valence-corrected chi connectivity index (χ4v) is 3.93. The summed E-state index contributed by atoms with van der Waals surface area (Å²) < 4.78 is 9.35. The third-order valence-corrected chi connectivity index (χ3v) is 5.43. The third-order valence-electron chi connectivity index (χ3n) is 5.43. The highest BCUT2D eigenvalue weighted by molar-refractivity contribution is 5.97. The zero-order valence-corrected chi connectivity index (χ0v) is 18.9. The molecule has 0 amide bonds. The van der Waals surface area contributed by atoms with E-state index in [1.54, 1.807) is 22.9 Å². The maximum Gasteiger partial charge on any atom is 0.328 e. The van der Waals surface area contributed by atoms with Crippen molar-refractivity contribution >= 4 is 16.7 Å². The van der Waals surface area contributed by atoms with Gasteiger partial charge in [-0.1, -0.05) is 32.9 Å². The third kappa shape index (κ3) is 4.35. The summed E-state index contributed by atoms with van der Waals surface area (Å²) in [4.78, 5) is 21.7. The number of imidazole rings is 1. The summed E-state index contributed by atoms with van der Waals surface area (Å²) in [6.07, 6.45) is 6.38. The van der Waals surface area contributed by atoms with Crippen LogP contribution in [0.15, 0.2) is 58.5 Å². The van der Waals surface area contributed by atoms with Crippen molar-refractivity contribution < 1.29 is 4.74 Å². The summed E-state index contributed by atoms with van der Waals surface area (Å²) in [5.74, 6) is 0.449. The molecule has 32 heavy (non-hydrogen) atoms. The predicted octanol–water partition coefficient (Wildman–Crippen LogP) is 4.17. The number of hydrogen-bond donors (Lipinski definition) is 0. The van der Waals surface area contributed by atoms with E-state index in [0.717, 1.165) is 28.7 Å². The van der Waals surface area contributed by atoms with Crippen LogP contribution in [0.1, 0.15) is 44.5 Å². The molecule has 1 aromatic carbocycles. The van der Waals surface area contributed by atoms with Crippen LogP contribution >= 0.6 is 0 Å². The second-order valence-corrected chi connectivity index (χ2v) is 9.26. The van der Waals surface area contributed by atoms with Crippen LogP contribution in [0.25, 0.3) is 11.0 Å². The van der Waals surface area contributed by atoms with Gasteiger partial charge in [0, 0.05) is 19.8 Å². The van der Waals surface area contributed by atoms with Crippen molar-refractivity contribution in [2.45, 2.75) is 39.8 Å². The minimum Gasteiger partial charge on any atom is -0.484 e. The number of rotatable bonds is 5. The molecule has 164 valence electrons. The van der Waals surface area contributed by atoms with Gasteiger partial charge in [0.15, 0.2) is 11.4 Å². The number of fused-ring (bicyclic) bond motifs is 1. The summed E-state index contributed by atoms with van der Waals surface area (Å²) in [7, 11) is 1.82. The number of aliphatic imine (C=N–C) groups is 1. The quantitative estimate of drug-likeness (QED) is 0.609. The molecule has 1 aliphatic rings. The molecule has 7 heteroatoms. The van der Waals surface area contributed by atoms with Crippen molar-refractivity contribution in [2.75, 3.05) is 6.61 Å². The van der Waals surface area contributed by atoms with Gasteiger partial charge < -0.3 is 4.74 Å². The summed E-state index contributed by atoms with van der Waals surface area (Å²) in [5.41, 5.74) is 3.97. The van der Waals surface area contributed by atoms with E-state index < -0.39 is 0 Å². The van der Waals surface area contributed by atoms with E-state index in [9.17, 15) is 10.1 Å². The smallest absolute Gasteiger partial charge is 0.328 e. The van der Waals surface area contributed by atoms with Gasteiger partial charge in [-0.2, -0.15) is 5.26 Å². The van der Waals surface area contributed by atoms with Crippen LogP contribution in [0.2, 0.25) is 0 Å². The van der Waals surface area contributed by atoms with Crippen LogP contribution in [-0.2, 0) is 13.6 Å². The number of dihydropyridines is 1. The molecule has 7 nitrogen and oxygen atoms in total. The van der Waals surface area contributed by atoms with Crippen molar-refractivity contribution in [1.82, 2.24) is 14.1 Å². The molecule has 0 aliphatic carbocycles. The molecule has 0 fully saturated rings. The zero-order valence-electron chi connectivity index (χ0n) is 18.9. The number of benzene rings is 1. The molecule has 0 spiro atoms. The van der Waals surface area contributed by atoms with E-state index in [4.69, 9.17) is 9.73 Å². The van der Waals surface area contributed by atoms with E-state index >= 15 is 0 Å². The molecular weight excluding hydrogens is 402 g/mol. The van der Waals surface area contributed by atoms with E-state index in [1.165, 1.54) is 0 Å². The summed E-state index contributed by atoms with van der Waals surface area (Å²) in [6, 6.07) is 11.6. The van der Waals surface area contributed by atoms with Crippen molar-refractivity contribution in [1.29, 1.82) is 5.26 Å². The minimum atomic E-state index is -0.0478. The first-order valence-corrected chi connectivity index (χ1v) is 10.7. The largest absolute Gasteiger partial charge is 0.484 e. The first-order valence-electron chi connectivity index (χ1n) is 10.7. The maximum absolute atomic E-state index is 12.8. The highest BCUT2D eigenvalue weighted by atomic mass is 16.5. The number of ether oxygens (including phenoxy) is 1. The van der Waals surface area contributed by atoms with Crippen molar-refractivity contribution in [3.8, 4) is 11.8 Å². The Kier molecular flexibility index (Phi) is 5.70. The van der Waals surface area contributed by atoms with Crippen molar-refractivity contribution in [2.24, 2.45) is 17.5 Å². The molecule has 0 saturated carbocycles. The molecule has 2 aromatic heterocycles. The highest BCUT2D eigenvalue weighted by Gasteiger charge is 2.20. The lowest BCUT2D eigenvalue weighted by molar-refractivity contribution is 0.342. The van der Waals surface area contributed by atoms with E-state index in [2.05, 4.69) is 44.0 Å². The first kappa shape index (κ1) is 21.6. The van der Waals surface area contributed by atoms with Gasteiger partial charge in [-0.15, -0.1) is 0 Å². The van der Waals surface area contributed by atoms with Gasteiger partial charge >= 0.3 is 5.69 Å². The minimum absolute atomic E-state index is 0.00188. The van der Waals surface area contributed by atoms with E-state index in [1.807, 2.05) is 29.8 Å². The molecule has 0 saturated heterocycles. The summed E-state index contributed by atoms with van der Waals surface area (Å²) >= 11 is 0. The molecular formula is C25H27N5O2. The van der Waals surface area contributed by atoms with Crippen LogP contribution in [0.5, 0.6) is 5.75 Å². The Labute approximate surface area is 187 Å². The van der Waals surface area contributed by atoms with Crippen LogP contribution in [0, 0.1) is 16.7 Å². The maximum atomic E-state index is 12.8. The van der Waals surface area contributed by atoms with E-state index in [-0.39, 0.29) is 29.4 Å². The van der Waals surface area contributed by atoms with Crippen LogP contribution in [0.4, 0.5) is 0 Å². The number of hydrogen-bond acceptors (Lipinski definition) is 5. The standard InChI is InChI=1S/C25H27N5O2/c1-25(2,3)16-30-21-11-10-17(13-22(21)29(4)24(30)31)19-8-5-7-18(28-19)15-32-23-9-6-12-27-20(23)14-26/h5-7,9-13,19H,8,15-16H2,1-4H3. The van der Waals surface area contributed by atoms with Gasteiger partial charge in [0.1, 0.15) is 12.7 Å². The van der Waals surface area contributed by atoms with Crippen molar-refractivity contribution in [3.63, 3.8) is 0 Å². The SMILES string of the molecule is Cn1c(=O)n(CC(C)(C)C)c2ccc(C3CC=CC(COc4cccnc4C#N)=N3)cc21. The fourth-order valence-electron chi connectivity index (χ4n) is 3.93. The topological polar surface area (TPSA) is 85.2 Å². The molecule has 4 rings (SSSR count). The van der Waals surface area contributed by atoms with Crippen molar-refractivity contribution in [3.05, 3.63) is 70.4 Å². The average molecular weight is 430 g/mol. The second-order valence-electron chi connectivity index (χ2n) is 9.26. The molecule has 0 radical (unpaired) electrons. The van der Waals surface area contributed by atoms with Gasteiger partial charge in [0.2, 0.25) is 0 Å². The normalized spacial score (nSPS) is 16.1. The Morgan fingerprint density at radius 3 is 2.81 bits per heavy atom. The number of aromatic nitrogens is 3. The molecule has 0 N–H and O–H groups in total. The molecule has 0 bridgehead atoms. The van der Waals surface area contributed by atoms with Crippen LogP contribution < -0.4 is 10.4 Å². The van der Waals surface area contributed by atoms with E-state index in [0.29, 0.717) is 12.3 Å². The Morgan fingerprint density at radius 1 is 1.25 bits per heavy atom. The van der Waals surface area contributed by atoms with Crippen LogP contribution in [-0.4, -0.2) is 26.4 Å². The van der Waals surface area contributed by atoms with Gasteiger partial charge in [-0.25, -0.2) is 9.78 Å². The van der Waals surface area contributed by atoms with Gasteiger partial charge in [-0.05, 0) is 47.7 Å². The molecule has 1 atom stereocenters. The average Bonchev–Trinajstić information content (AvgIpc) is 3.01. The lowest BCUT2D eigenvalue weighted by Crippen LogP contribution is -2.27. The number of nitriles is 1. The molecule has 3 aromatic rings. The zero-order chi connectivity index (χ0) is 22.9. The molecule has 1 aliphatic heterocycles. The van der Waals surface area contributed by atoms with Gasteiger partial charge in [-0.3, -0.25) is 14.1 Å². The lowest BCUT2D eigenvalue weighted by atomic mass is 9.96. The summed E-state index contributed by atoms with van der Waals surface area (Å²) in [5, 5.41) is 9.18. The van der Waals surface area contributed by atoms with Gasteiger partial charge in [0.05, 0.1) is 22.8 Å². The molecule has 1 unspecified atom stereocenters. The lowest BCUT2D eigenvalue weighted by Gasteiger charge is -2.19. The van der Waals surface area contributed by atoms with Gasteiger partial charge in [0.25, 0.3) is 0 Å². The van der Waals surface area contributed by atoms with Crippen LogP contribution in [0.3, 0.4) is 0 Å². The predicted molar refractivity (Wildman–Crippen MR) is 125 cm³/mol. The summed E-state index contributed by atoms with van der Waals surface area (Å²) in [6.45, 7) is 7.31.